The van der Waals surface area contributed by atoms with Crippen LogP contribution < -0.4 is 0 Å². The lowest BCUT2D eigenvalue weighted by Crippen LogP contribution is -2.13. The summed E-state index contributed by atoms with van der Waals surface area (Å²) in [7, 11) is 0. The molecule has 16 heavy (non-hydrogen) atoms. The van der Waals surface area contributed by atoms with Crippen LogP contribution in [0.1, 0.15) is 42.9 Å². The van der Waals surface area contributed by atoms with Crippen molar-refractivity contribution >= 4 is 5.97 Å². The fraction of sp³-hybridized carbons (Fsp3) is 0.500. The maximum atomic E-state index is 11.6. The summed E-state index contributed by atoms with van der Waals surface area (Å²) in [5.41, 5.74) is 3.94. The van der Waals surface area contributed by atoms with Crippen LogP contribution in [0.15, 0.2) is 18.2 Å². The van der Waals surface area contributed by atoms with Crippen molar-refractivity contribution in [3.63, 3.8) is 0 Å². The SMILES string of the molecule is CCOC(=O)C(C)c1ccc2c(c1)CCC2. The molecule has 0 saturated carbocycles. The Kier molecular flexibility index (Phi) is 3.28. The highest BCUT2D eigenvalue weighted by atomic mass is 16.5. The predicted molar refractivity (Wildman–Crippen MR) is 63.5 cm³/mol. The van der Waals surface area contributed by atoms with Gasteiger partial charge in [0, 0.05) is 0 Å². The van der Waals surface area contributed by atoms with Gasteiger partial charge in [-0.3, -0.25) is 4.79 Å². The van der Waals surface area contributed by atoms with Crippen molar-refractivity contribution in [2.45, 2.75) is 39.0 Å². The van der Waals surface area contributed by atoms with Gasteiger partial charge in [-0.2, -0.15) is 0 Å². The molecule has 0 spiro atoms. The smallest absolute Gasteiger partial charge is 0.313 e. The van der Waals surface area contributed by atoms with Crippen LogP contribution in [0.3, 0.4) is 0 Å². The van der Waals surface area contributed by atoms with E-state index in [1.165, 1.54) is 24.0 Å². The number of fused-ring (bicyclic) bond motifs is 1. The Balaban J connectivity index is 2.18. The van der Waals surface area contributed by atoms with Crippen molar-refractivity contribution in [3.8, 4) is 0 Å². The van der Waals surface area contributed by atoms with Gasteiger partial charge in [0.2, 0.25) is 0 Å². The molecule has 0 fully saturated rings. The zero-order valence-corrected chi connectivity index (χ0v) is 9.95. The average molecular weight is 218 g/mol. The summed E-state index contributed by atoms with van der Waals surface area (Å²) < 4.78 is 5.04. The van der Waals surface area contributed by atoms with Crippen molar-refractivity contribution in [1.29, 1.82) is 0 Å². The number of esters is 1. The van der Waals surface area contributed by atoms with Crippen LogP contribution in [0.5, 0.6) is 0 Å². The van der Waals surface area contributed by atoms with Gasteiger partial charge in [0.15, 0.2) is 0 Å². The van der Waals surface area contributed by atoms with Gasteiger partial charge < -0.3 is 4.74 Å². The van der Waals surface area contributed by atoms with E-state index < -0.39 is 0 Å². The molecule has 0 N–H and O–H groups in total. The molecule has 0 heterocycles. The number of carbonyl (C=O) groups is 1. The molecule has 0 aromatic heterocycles. The van der Waals surface area contributed by atoms with Gasteiger partial charge in [-0.15, -0.1) is 0 Å². The molecule has 0 amide bonds. The minimum absolute atomic E-state index is 0.125. The van der Waals surface area contributed by atoms with Crippen LogP contribution in [0.4, 0.5) is 0 Å². The van der Waals surface area contributed by atoms with E-state index in [9.17, 15) is 4.79 Å². The summed E-state index contributed by atoms with van der Waals surface area (Å²) in [5.74, 6) is -0.272. The van der Waals surface area contributed by atoms with Crippen LogP contribution in [0.2, 0.25) is 0 Å². The summed E-state index contributed by atoms with van der Waals surface area (Å²) in [6.07, 6.45) is 3.58. The molecule has 0 aliphatic heterocycles. The molecule has 2 rings (SSSR count). The highest BCUT2D eigenvalue weighted by molar-refractivity contribution is 5.77. The fourth-order valence-electron chi connectivity index (χ4n) is 2.26. The van der Waals surface area contributed by atoms with Gasteiger partial charge in [-0.25, -0.2) is 0 Å². The predicted octanol–water partition coefficient (Wildman–Crippen LogP) is 2.84. The maximum absolute atomic E-state index is 11.6. The number of hydrogen-bond donors (Lipinski definition) is 0. The molecule has 1 aromatic carbocycles. The normalized spacial score (nSPS) is 15.6. The van der Waals surface area contributed by atoms with E-state index in [4.69, 9.17) is 4.74 Å². The molecule has 0 radical (unpaired) electrons. The van der Waals surface area contributed by atoms with Crippen molar-refractivity contribution in [1.82, 2.24) is 0 Å². The first-order valence-corrected chi connectivity index (χ1v) is 6.00. The third kappa shape index (κ3) is 2.11. The van der Waals surface area contributed by atoms with Gasteiger partial charge in [0.1, 0.15) is 0 Å². The minimum atomic E-state index is -0.147. The molecule has 0 saturated heterocycles. The second kappa shape index (κ2) is 4.69. The van der Waals surface area contributed by atoms with E-state index in [0.29, 0.717) is 6.61 Å². The molecule has 2 nitrogen and oxygen atoms in total. The first-order chi connectivity index (χ1) is 7.72. The summed E-state index contributed by atoms with van der Waals surface area (Å²) in [4.78, 5) is 11.6. The van der Waals surface area contributed by atoms with Gasteiger partial charge >= 0.3 is 5.97 Å². The topological polar surface area (TPSA) is 26.3 Å². The van der Waals surface area contributed by atoms with Crippen LogP contribution in [-0.2, 0) is 22.4 Å². The van der Waals surface area contributed by atoms with Gasteiger partial charge in [0.05, 0.1) is 12.5 Å². The number of benzene rings is 1. The average Bonchev–Trinajstić information content (AvgIpc) is 2.75. The fourth-order valence-corrected chi connectivity index (χ4v) is 2.26. The highest BCUT2D eigenvalue weighted by Gasteiger charge is 2.18. The van der Waals surface area contributed by atoms with E-state index in [0.717, 1.165) is 12.0 Å². The lowest BCUT2D eigenvalue weighted by atomic mass is 9.97. The number of hydrogen-bond acceptors (Lipinski definition) is 2. The molecular weight excluding hydrogens is 200 g/mol. The molecule has 2 heteroatoms. The number of aryl methyl sites for hydroxylation is 2. The Labute approximate surface area is 96.6 Å². The monoisotopic (exact) mass is 218 g/mol. The molecule has 86 valence electrons. The lowest BCUT2D eigenvalue weighted by Gasteiger charge is -2.12. The van der Waals surface area contributed by atoms with Crippen LogP contribution >= 0.6 is 0 Å². The lowest BCUT2D eigenvalue weighted by molar-refractivity contribution is -0.144. The van der Waals surface area contributed by atoms with Crippen molar-refractivity contribution in [2.75, 3.05) is 6.61 Å². The van der Waals surface area contributed by atoms with E-state index in [-0.39, 0.29) is 11.9 Å². The summed E-state index contributed by atoms with van der Waals surface area (Å²) in [6, 6.07) is 6.39. The minimum Gasteiger partial charge on any atom is -0.466 e. The maximum Gasteiger partial charge on any atom is 0.313 e. The Morgan fingerprint density at radius 1 is 1.38 bits per heavy atom. The number of rotatable bonds is 3. The van der Waals surface area contributed by atoms with Crippen molar-refractivity contribution in [2.24, 2.45) is 0 Å². The van der Waals surface area contributed by atoms with Crippen LogP contribution in [0.25, 0.3) is 0 Å². The second-order valence-corrected chi connectivity index (χ2v) is 4.36. The number of ether oxygens (including phenoxy) is 1. The number of carbonyl (C=O) groups excluding carboxylic acids is 1. The van der Waals surface area contributed by atoms with Crippen molar-refractivity contribution < 1.29 is 9.53 Å². The van der Waals surface area contributed by atoms with Crippen molar-refractivity contribution in [3.05, 3.63) is 34.9 Å². The Hall–Kier alpha value is -1.31. The Morgan fingerprint density at radius 2 is 2.12 bits per heavy atom. The van der Waals surface area contributed by atoms with E-state index in [1.54, 1.807) is 0 Å². The Bertz CT molecular complexity index is 396. The standard InChI is InChI=1S/C14H18O2/c1-3-16-14(15)10(2)12-8-7-11-5-4-6-13(11)9-12/h7-10H,3-6H2,1-2H3. The largest absolute Gasteiger partial charge is 0.466 e. The quantitative estimate of drug-likeness (QED) is 0.729. The van der Waals surface area contributed by atoms with E-state index >= 15 is 0 Å². The molecular formula is C14H18O2. The van der Waals surface area contributed by atoms with Crippen LogP contribution in [-0.4, -0.2) is 12.6 Å². The van der Waals surface area contributed by atoms with Crippen LogP contribution in [0, 0.1) is 0 Å². The molecule has 0 bridgehead atoms. The zero-order chi connectivity index (χ0) is 11.5. The van der Waals surface area contributed by atoms with E-state index in [1.807, 2.05) is 13.8 Å². The zero-order valence-electron chi connectivity index (χ0n) is 9.95. The van der Waals surface area contributed by atoms with Gasteiger partial charge in [0.25, 0.3) is 0 Å². The highest BCUT2D eigenvalue weighted by Crippen LogP contribution is 2.26. The summed E-state index contributed by atoms with van der Waals surface area (Å²) in [6.45, 7) is 4.20. The first kappa shape index (κ1) is 11.2. The molecule has 1 atom stereocenters. The summed E-state index contributed by atoms with van der Waals surface area (Å²) >= 11 is 0. The molecule has 1 aliphatic carbocycles. The molecule has 1 aromatic rings. The third-order valence-electron chi connectivity index (χ3n) is 3.26. The first-order valence-electron chi connectivity index (χ1n) is 6.00. The second-order valence-electron chi connectivity index (χ2n) is 4.36. The molecule has 1 unspecified atom stereocenters. The Morgan fingerprint density at radius 3 is 2.88 bits per heavy atom. The molecule has 1 aliphatic rings. The summed E-state index contributed by atoms with van der Waals surface area (Å²) in [5, 5.41) is 0. The van der Waals surface area contributed by atoms with Gasteiger partial charge in [-0.05, 0) is 49.8 Å². The van der Waals surface area contributed by atoms with Gasteiger partial charge in [-0.1, -0.05) is 18.2 Å². The van der Waals surface area contributed by atoms with E-state index in [2.05, 4.69) is 18.2 Å². The third-order valence-corrected chi connectivity index (χ3v) is 3.26.